The highest BCUT2D eigenvalue weighted by atomic mass is 19.4. The highest BCUT2D eigenvalue weighted by Crippen LogP contribution is 2.34. The zero-order valence-electron chi connectivity index (χ0n) is 10.8. The number of rotatable bonds is 6. The molecule has 2 unspecified atom stereocenters. The minimum absolute atomic E-state index is 0.0500. The van der Waals surface area contributed by atoms with Crippen LogP contribution in [-0.4, -0.2) is 42.8 Å². The molecule has 1 aliphatic rings. The smallest absolute Gasteiger partial charge is 0.317 e. The van der Waals surface area contributed by atoms with E-state index in [1.165, 1.54) is 0 Å². The number of hydrogen-bond donors (Lipinski definition) is 1. The van der Waals surface area contributed by atoms with Gasteiger partial charge in [0.1, 0.15) is 0 Å². The van der Waals surface area contributed by atoms with Gasteiger partial charge in [-0.15, -0.1) is 0 Å². The van der Waals surface area contributed by atoms with Gasteiger partial charge in [0.15, 0.2) is 0 Å². The van der Waals surface area contributed by atoms with E-state index in [1.54, 1.807) is 4.90 Å². The molecule has 0 saturated heterocycles. The normalized spacial score (nSPS) is 25.4. The van der Waals surface area contributed by atoms with Crippen LogP contribution in [0.3, 0.4) is 0 Å². The van der Waals surface area contributed by atoms with Crippen LogP contribution in [0.1, 0.15) is 33.6 Å². The molecule has 1 saturated carbocycles. The van der Waals surface area contributed by atoms with Crippen LogP contribution in [0.4, 0.5) is 13.2 Å². The minimum Gasteiger partial charge on any atom is -0.317 e. The molecule has 17 heavy (non-hydrogen) atoms. The summed E-state index contributed by atoms with van der Waals surface area (Å²) in [5.74, 6) is 0.375. The predicted octanol–water partition coefficient (Wildman–Crippen LogP) is 2.65. The molecule has 1 rings (SSSR count). The van der Waals surface area contributed by atoms with E-state index in [0.29, 0.717) is 5.92 Å². The van der Waals surface area contributed by atoms with Crippen LogP contribution in [0.5, 0.6) is 0 Å². The Kier molecular flexibility index (Phi) is 5.25. The third kappa shape index (κ3) is 4.47. The molecule has 0 aromatic heterocycles. The van der Waals surface area contributed by atoms with E-state index in [9.17, 15) is 13.2 Å². The summed E-state index contributed by atoms with van der Waals surface area (Å²) in [6, 6.07) is 0.0433. The Morgan fingerprint density at radius 2 is 1.94 bits per heavy atom. The maximum Gasteiger partial charge on any atom is 0.401 e. The lowest BCUT2D eigenvalue weighted by atomic mass is 9.77. The Bertz CT molecular complexity index is 228. The summed E-state index contributed by atoms with van der Waals surface area (Å²) in [7, 11) is 0. The molecule has 0 aromatic rings. The van der Waals surface area contributed by atoms with E-state index in [0.717, 1.165) is 25.9 Å². The fraction of sp³-hybridized carbons (Fsp3) is 1.00. The van der Waals surface area contributed by atoms with Crippen molar-refractivity contribution in [3.63, 3.8) is 0 Å². The summed E-state index contributed by atoms with van der Waals surface area (Å²) in [6.07, 6.45) is -2.16. The zero-order chi connectivity index (χ0) is 13.1. The number of alkyl halides is 3. The molecule has 2 atom stereocenters. The zero-order valence-corrected chi connectivity index (χ0v) is 10.8. The molecule has 102 valence electrons. The lowest BCUT2D eigenvalue weighted by Crippen LogP contribution is -2.55. The molecule has 2 nitrogen and oxygen atoms in total. The van der Waals surface area contributed by atoms with E-state index >= 15 is 0 Å². The van der Waals surface area contributed by atoms with Gasteiger partial charge in [-0.25, -0.2) is 0 Å². The van der Waals surface area contributed by atoms with Gasteiger partial charge in [0.25, 0.3) is 0 Å². The van der Waals surface area contributed by atoms with Crippen LogP contribution < -0.4 is 5.32 Å². The van der Waals surface area contributed by atoms with Crippen molar-refractivity contribution in [1.29, 1.82) is 0 Å². The first-order valence-corrected chi connectivity index (χ1v) is 6.38. The lowest BCUT2D eigenvalue weighted by Gasteiger charge is -2.46. The molecule has 0 aromatic carbocycles. The highest BCUT2D eigenvalue weighted by molar-refractivity contribution is 4.92. The van der Waals surface area contributed by atoms with Crippen LogP contribution in [0, 0.1) is 5.92 Å². The van der Waals surface area contributed by atoms with Gasteiger partial charge >= 0.3 is 6.18 Å². The predicted molar refractivity (Wildman–Crippen MR) is 63.0 cm³/mol. The van der Waals surface area contributed by atoms with Gasteiger partial charge in [0.05, 0.1) is 6.54 Å². The molecule has 0 spiro atoms. The van der Waals surface area contributed by atoms with Crippen LogP contribution in [0.25, 0.3) is 0 Å². The summed E-state index contributed by atoms with van der Waals surface area (Å²) < 4.78 is 37.5. The highest BCUT2D eigenvalue weighted by Gasteiger charge is 2.41. The number of nitrogens with zero attached hydrogens (tertiary/aromatic N) is 1. The van der Waals surface area contributed by atoms with E-state index in [-0.39, 0.29) is 12.1 Å². The summed E-state index contributed by atoms with van der Waals surface area (Å²) in [6.45, 7) is 6.64. The van der Waals surface area contributed by atoms with E-state index in [2.05, 4.69) is 5.32 Å². The SMILES string of the molecule is CCNCC1CCC1N(CC(F)(F)F)C(C)C. The summed E-state index contributed by atoms with van der Waals surface area (Å²) in [4.78, 5) is 1.60. The first-order chi connectivity index (χ1) is 7.85. The molecular weight excluding hydrogens is 229 g/mol. The maximum atomic E-state index is 12.5. The molecule has 0 radical (unpaired) electrons. The van der Waals surface area contributed by atoms with Gasteiger partial charge in [-0.2, -0.15) is 13.2 Å². The van der Waals surface area contributed by atoms with Crippen LogP contribution in [0.15, 0.2) is 0 Å². The average Bonchev–Trinajstić information content (AvgIpc) is 2.13. The summed E-state index contributed by atoms with van der Waals surface area (Å²) >= 11 is 0. The van der Waals surface area contributed by atoms with E-state index < -0.39 is 12.7 Å². The summed E-state index contributed by atoms with van der Waals surface area (Å²) in [5.41, 5.74) is 0. The van der Waals surface area contributed by atoms with Gasteiger partial charge < -0.3 is 5.32 Å². The van der Waals surface area contributed by atoms with Gasteiger partial charge in [0.2, 0.25) is 0 Å². The maximum absolute atomic E-state index is 12.5. The average molecular weight is 252 g/mol. The molecule has 5 heteroatoms. The Hall–Kier alpha value is -0.290. The standard InChI is InChI=1S/C12H23F3N2/c1-4-16-7-10-5-6-11(10)17(9(2)3)8-12(13,14)15/h9-11,16H,4-8H2,1-3H3. The first kappa shape index (κ1) is 14.8. The molecule has 0 heterocycles. The number of hydrogen-bond acceptors (Lipinski definition) is 2. The van der Waals surface area contributed by atoms with Crippen LogP contribution >= 0.6 is 0 Å². The molecule has 1 fully saturated rings. The second-order valence-corrected chi connectivity index (χ2v) is 5.09. The first-order valence-electron chi connectivity index (χ1n) is 6.38. The molecule has 0 bridgehead atoms. The molecule has 0 amide bonds. The van der Waals surface area contributed by atoms with Gasteiger partial charge in [-0.3, -0.25) is 4.90 Å². The molecule has 1 aliphatic carbocycles. The van der Waals surface area contributed by atoms with Gasteiger partial charge in [0, 0.05) is 12.1 Å². The fourth-order valence-corrected chi connectivity index (χ4v) is 2.45. The van der Waals surface area contributed by atoms with E-state index in [1.807, 2.05) is 20.8 Å². The van der Waals surface area contributed by atoms with Crippen LogP contribution in [0.2, 0.25) is 0 Å². The molecular formula is C12H23F3N2. The Morgan fingerprint density at radius 3 is 2.29 bits per heavy atom. The Balaban J connectivity index is 2.53. The van der Waals surface area contributed by atoms with Crippen molar-refractivity contribution in [2.24, 2.45) is 5.92 Å². The second kappa shape index (κ2) is 6.05. The van der Waals surface area contributed by atoms with Crippen molar-refractivity contribution in [2.45, 2.75) is 51.9 Å². The van der Waals surface area contributed by atoms with E-state index in [4.69, 9.17) is 0 Å². The number of nitrogens with one attached hydrogen (secondary N) is 1. The van der Waals surface area contributed by atoms with Gasteiger partial charge in [-0.05, 0) is 45.7 Å². The van der Waals surface area contributed by atoms with Crippen molar-refractivity contribution >= 4 is 0 Å². The molecule has 0 aliphatic heterocycles. The summed E-state index contributed by atoms with van der Waals surface area (Å²) in [5, 5.41) is 3.23. The van der Waals surface area contributed by atoms with Gasteiger partial charge in [-0.1, -0.05) is 6.92 Å². The monoisotopic (exact) mass is 252 g/mol. The quantitative estimate of drug-likeness (QED) is 0.782. The van der Waals surface area contributed by atoms with Crippen molar-refractivity contribution in [3.8, 4) is 0 Å². The Labute approximate surface area is 102 Å². The molecule has 1 N–H and O–H groups in total. The lowest BCUT2D eigenvalue weighted by molar-refractivity contribution is -0.163. The third-order valence-electron chi connectivity index (χ3n) is 3.49. The van der Waals surface area contributed by atoms with Crippen molar-refractivity contribution in [3.05, 3.63) is 0 Å². The van der Waals surface area contributed by atoms with Crippen molar-refractivity contribution in [2.75, 3.05) is 19.6 Å². The topological polar surface area (TPSA) is 15.3 Å². The van der Waals surface area contributed by atoms with Crippen LogP contribution in [-0.2, 0) is 0 Å². The largest absolute Gasteiger partial charge is 0.401 e. The van der Waals surface area contributed by atoms with Crippen molar-refractivity contribution < 1.29 is 13.2 Å². The Morgan fingerprint density at radius 1 is 1.29 bits per heavy atom. The second-order valence-electron chi connectivity index (χ2n) is 5.09. The minimum atomic E-state index is -4.09. The fourth-order valence-electron chi connectivity index (χ4n) is 2.45. The van der Waals surface area contributed by atoms with Crippen molar-refractivity contribution in [1.82, 2.24) is 10.2 Å². The third-order valence-corrected chi connectivity index (χ3v) is 3.49. The number of halogens is 3.